The second-order valence-corrected chi connectivity index (χ2v) is 6.64. The third kappa shape index (κ3) is 3.31. The van der Waals surface area contributed by atoms with E-state index in [1.54, 1.807) is 19.9 Å². The zero-order valence-corrected chi connectivity index (χ0v) is 13.0. The van der Waals surface area contributed by atoms with E-state index in [2.05, 4.69) is 9.88 Å². The molecule has 114 valence electrons. The molecule has 2 rings (SSSR count). The fourth-order valence-corrected chi connectivity index (χ4v) is 3.04. The minimum atomic E-state index is -3.65. The van der Waals surface area contributed by atoms with Gasteiger partial charge in [0.05, 0.1) is 17.2 Å². The zero-order chi connectivity index (χ0) is 15.6. The molecule has 0 saturated carbocycles. The molecule has 1 heterocycles. The number of nitrogens with one attached hydrogen (secondary N) is 1. The monoisotopic (exact) mass is 310 g/mol. The molecule has 0 fully saturated rings. The molecule has 0 amide bonds. The van der Waals surface area contributed by atoms with E-state index in [0.717, 1.165) is 11.1 Å². The van der Waals surface area contributed by atoms with Crippen LogP contribution < -0.4 is 4.72 Å². The highest BCUT2D eigenvalue weighted by Gasteiger charge is 2.17. The Morgan fingerprint density at radius 1 is 1.29 bits per heavy atom. The number of benzene rings is 1. The molecule has 6 nitrogen and oxygen atoms in total. The van der Waals surface area contributed by atoms with Crippen molar-refractivity contribution in [2.24, 2.45) is 0 Å². The van der Waals surface area contributed by atoms with Crippen LogP contribution in [0.25, 0.3) is 0 Å². The first-order valence-electron chi connectivity index (χ1n) is 6.47. The highest BCUT2D eigenvalue weighted by atomic mass is 32.2. The van der Waals surface area contributed by atoms with Gasteiger partial charge in [-0.2, -0.15) is 0 Å². The number of hydrogen-bond acceptors (Lipinski definition) is 5. The van der Waals surface area contributed by atoms with E-state index in [1.165, 1.54) is 12.1 Å². The maximum Gasteiger partial charge on any atom is 0.240 e. The van der Waals surface area contributed by atoms with Gasteiger partial charge in [-0.25, -0.2) is 13.1 Å². The molecule has 0 atom stereocenters. The maximum atomic E-state index is 12.3. The molecule has 1 aromatic heterocycles. The van der Waals surface area contributed by atoms with Crippen LogP contribution in [0, 0.1) is 20.8 Å². The van der Waals surface area contributed by atoms with Crippen molar-refractivity contribution in [2.45, 2.75) is 38.8 Å². The summed E-state index contributed by atoms with van der Waals surface area (Å²) >= 11 is 0. The molecule has 0 aliphatic carbocycles. The lowest BCUT2D eigenvalue weighted by Gasteiger charge is -2.09. The van der Waals surface area contributed by atoms with Gasteiger partial charge in [0.1, 0.15) is 5.76 Å². The second-order valence-electron chi connectivity index (χ2n) is 4.87. The van der Waals surface area contributed by atoms with Crippen molar-refractivity contribution in [3.8, 4) is 0 Å². The van der Waals surface area contributed by atoms with Gasteiger partial charge in [0.25, 0.3) is 0 Å². The van der Waals surface area contributed by atoms with Gasteiger partial charge < -0.3 is 9.63 Å². The lowest BCUT2D eigenvalue weighted by atomic mass is 10.1. The summed E-state index contributed by atoms with van der Waals surface area (Å²) in [5, 5.41) is 13.0. The van der Waals surface area contributed by atoms with Crippen LogP contribution in [0.2, 0.25) is 0 Å². The summed E-state index contributed by atoms with van der Waals surface area (Å²) < 4.78 is 32.1. The smallest absolute Gasteiger partial charge is 0.240 e. The number of aliphatic hydroxyl groups is 1. The molecular formula is C14H18N2O4S. The second kappa shape index (κ2) is 5.97. The summed E-state index contributed by atoms with van der Waals surface area (Å²) in [6.45, 7) is 5.24. The van der Waals surface area contributed by atoms with E-state index in [9.17, 15) is 13.5 Å². The van der Waals surface area contributed by atoms with Crippen molar-refractivity contribution in [3.05, 3.63) is 46.3 Å². The number of sulfonamides is 1. The lowest BCUT2D eigenvalue weighted by molar-refractivity contribution is 0.280. The van der Waals surface area contributed by atoms with Crippen LogP contribution in [-0.2, 0) is 23.2 Å². The Morgan fingerprint density at radius 2 is 2.00 bits per heavy atom. The predicted molar refractivity (Wildman–Crippen MR) is 77.1 cm³/mol. The normalized spacial score (nSPS) is 11.8. The minimum absolute atomic E-state index is 0.117. The summed E-state index contributed by atoms with van der Waals surface area (Å²) in [5.74, 6) is 0.593. The number of nitrogens with zero attached hydrogens (tertiary/aromatic N) is 1. The van der Waals surface area contributed by atoms with Crippen molar-refractivity contribution in [2.75, 3.05) is 0 Å². The molecule has 0 radical (unpaired) electrons. The van der Waals surface area contributed by atoms with Gasteiger partial charge in [-0.15, -0.1) is 0 Å². The molecule has 0 unspecified atom stereocenters. The average Bonchev–Trinajstić information content (AvgIpc) is 2.76. The Hall–Kier alpha value is -1.70. The largest absolute Gasteiger partial charge is 0.392 e. The van der Waals surface area contributed by atoms with E-state index in [4.69, 9.17) is 4.52 Å². The predicted octanol–water partition coefficient (Wildman–Crippen LogP) is 1.57. The zero-order valence-electron chi connectivity index (χ0n) is 12.2. The number of hydrogen-bond donors (Lipinski definition) is 2. The number of aliphatic hydroxyl groups excluding tert-OH is 1. The Labute approximate surface area is 123 Å². The third-order valence-electron chi connectivity index (χ3n) is 3.42. The number of rotatable bonds is 5. The van der Waals surface area contributed by atoms with Gasteiger partial charge >= 0.3 is 0 Å². The highest BCUT2D eigenvalue weighted by Crippen LogP contribution is 2.17. The van der Waals surface area contributed by atoms with Crippen LogP contribution in [-0.4, -0.2) is 18.7 Å². The van der Waals surface area contributed by atoms with Crippen LogP contribution in [0.4, 0.5) is 0 Å². The SMILES string of the molecule is Cc1ccc(S(=O)(=O)NCc2c(C)noc2C)cc1CO. The van der Waals surface area contributed by atoms with E-state index in [1.807, 2.05) is 6.92 Å². The van der Waals surface area contributed by atoms with Gasteiger partial charge in [0, 0.05) is 12.1 Å². The van der Waals surface area contributed by atoms with Crippen molar-refractivity contribution in [1.82, 2.24) is 9.88 Å². The maximum absolute atomic E-state index is 12.3. The lowest BCUT2D eigenvalue weighted by Crippen LogP contribution is -2.24. The average molecular weight is 310 g/mol. The molecule has 0 aliphatic heterocycles. The van der Waals surface area contributed by atoms with E-state index in [0.29, 0.717) is 17.0 Å². The highest BCUT2D eigenvalue weighted by molar-refractivity contribution is 7.89. The standard InChI is InChI=1S/C14H18N2O4S/c1-9-4-5-13(6-12(9)8-17)21(18,19)15-7-14-10(2)16-20-11(14)3/h4-6,15,17H,7-8H2,1-3H3. The Balaban J connectivity index is 2.23. The van der Waals surface area contributed by atoms with Crippen LogP contribution >= 0.6 is 0 Å². The molecular weight excluding hydrogens is 292 g/mol. The fraction of sp³-hybridized carbons (Fsp3) is 0.357. The van der Waals surface area contributed by atoms with Crippen molar-refractivity contribution < 1.29 is 18.0 Å². The molecule has 0 aliphatic rings. The summed E-state index contributed by atoms with van der Waals surface area (Å²) in [4.78, 5) is 0.129. The molecule has 0 bridgehead atoms. The summed E-state index contributed by atoms with van der Waals surface area (Å²) in [6.07, 6.45) is 0. The Bertz CT molecular complexity index is 731. The minimum Gasteiger partial charge on any atom is -0.392 e. The van der Waals surface area contributed by atoms with Crippen molar-refractivity contribution in [1.29, 1.82) is 0 Å². The van der Waals surface area contributed by atoms with Gasteiger partial charge in [-0.1, -0.05) is 11.2 Å². The fourth-order valence-electron chi connectivity index (χ4n) is 1.99. The topological polar surface area (TPSA) is 92.4 Å². The van der Waals surface area contributed by atoms with Gasteiger partial charge in [0.15, 0.2) is 0 Å². The van der Waals surface area contributed by atoms with E-state index < -0.39 is 10.0 Å². The number of aromatic nitrogens is 1. The number of aryl methyl sites for hydroxylation is 3. The van der Waals surface area contributed by atoms with Gasteiger partial charge in [-0.05, 0) is 44.0 Å². The van der Waals surface area contributed by atoms with E-state index >= 15 is 0 Å². The molecule has 7 heteroatoms. The molecule has 21 heavy (non-hydrogen) atoms. The first-order chi connectivity index (χ1) is 9.85. The Kier molecular flexibility index (Phi) is 4.46. The van der Waals surface area contributed by atoms with Crippen LogP contribution in [0.15, 0.2) is 27.6 Å². The summed E-state index contributed by atoms with van der Waals surface area (Å²) in [7, 11) is -3.65. The van der Waals surface area contributed by atoms with Crippen LogP contribution in [0.3, 0.4) is 0 Å². The third-order valence-corrected chi connectivity index (χ3v) is 4.82. The quantitative estimate of drug-likeness (QED) is 0.874. The van der Waals surface area contributed by atoms with Crippen LogP contribution in [0.5, 0.6) is 0 Å². The molecule has 2 N–H and O–H groups in total. The first kappa shape index (κ1) is 15.7. The molecule has 0 saturated heterocycles. The summed E-state index contributed by atoms with van der Waals surface area (Å²) in [5.41, 5.74) is 2.83. The van der Waals surface area contributed by atoms with E-state index in [-0.39, 0.29) is 18.0 Å². The van der Waals surface area contributed by atoms with Gasteiger partial charge in [0.2, 0.25) is 10.0 Å². The van der Waals surface area contributed by atoms with Crippen molar-refractivity contribution in [3.63, 3.8) is 0 Å². The summed E-state index contributed by atoms with van der Waals surface area (Å²) in [6, 6.07) is 4.67. The van der Waals surface area contributed by atoms with Gasteiger partial charge in [-0.3, -0.25) is 0 Å². The van der Waals surface area contributed by atoms with Crippen molar-refractivity contribution >= 4 is 10.0 Å². The first-order valence-corrected chi connectivity index (χ1v) is 7.95. The Morgan fingerprint density at radius 3 is 2.57 bits per heavy atom. The molecule has 2 aromatic rings. The molecule has 1 aromatic carbocycles. The molecule has 0 spiro atoms. The van der Waals surface area contributed by atoms with Crippen LogP contribution in [0.1, 0.15) is 28.1 Å².